The molecular weight excluding hydrogens is 380 g/mol. The average Bonchev–Trinajstić information content (AvgIpc) is 3.07. The van der Waals surface area contributed by atoms with Crippen molar-refractivity contribution in [3.63, 3.8) is 0 Å². The summed E-state index contributed by atoms with van der Waals surface area (Å²) in [6.45, 7) is 1.90. The van der Waals surface area contributed by atoms with E-state index in [-0.39, 0.29) is 22.3 Å². The minimum Gasteiger partial charge on any atom is -0.305 e. The lowest BCUT2D eigenvalue weighted by molar-refractivity contribution is 0.102. The van der Waals surface area contributed by atoms with Crippen LogP contribution in [0.4, 0.5) is 5.82 Å². The number of hydrogen-bond acceptors (Lipinski definition) is 5. The highest BCUT2D eigenvalue weighted by Gasteiger charge is 2.22. The van der Waals surface area contributed by atoms with Crippen molar-refractivity contribution in [1.82, 2.24) is 24.3 Å². The first-order valence-corrected chi connectivity index (χ1v) is 8.76. The number of amides is 1. The molecule has 0 atom stereocenters. The molecule has 0 aliphatic carbocycles. The van der Waals surface area contributed by atoms with Crippen molar-refractivity contribution in [3.8, 4) is 5.69 Å². The molecule has 0 bridgehead atoms. The molecule has 1 amide bonds. The maximum atomic E-state index is 12.8. The molecule has 0 unspecified atom stereocenters. The van der Waals surface area contributed by atoms with Crippen LogP contribution < -0.4 is 10.9 Å². The SMILES string of the molecule is Cc1ccc(NC(=O)c2nn(-c3ccc(Cl)cc3)c3c(=O)n(C)cnc23)nc1. The lowest BCUT2D eigenvalue weighted by atomic mass is 10.3. The van der Waals surface area contributed by atoms with Crippen LogP contribution in [0, 0.1) is 6.92 Å². The first-order chi connectivity index (χ1) is 13.4. The molecule has 0 saturated carbocycles. The number of carbonyl (C=O) groups is 1. The van der Waals surface area contributed by atoms with Gasteiger partial charge in [0.2, 0.25) is 0 Å². The Bertz CT molecular complexity index is 1240. The number of nitrogens with zero attached hydrogens (tertiary/aromatic N) is 5. The number of aromatic nitrogens is 5. The van der Waals surface area contributed by atoms with Crippen LogP contribution in [0.2, 0.25) is 5.02 Å². The highest BCUT2D eigenvalue weighted by atomic mass is 35.5. The molecule has 3 heterocycles. The summed E-state index contributed by atoms with van der Waals surface area (Å²) in [6, 6.07) is 10.3. The molecule has 0 spiro atoms. The van der Waals surface area contributed by atoms with Crippen molar-refractivity contribution < 1.29 is 4.79 Å². The minimum atomic E-state index is -0.505. The summed E-state index contributed by atoms with van der Waals surface area (Å²) in [6.07, 6.45) is 3.01. The molecule has 0 saturated heterocycles. The summed E-state index contributed by atoms with van der Waals surface area (Å²) in [7, 11) is 1.59. The van der Waals surface area contributed by atoms with Gasteiger partial charge in [0.05, 0.1) is 12.0 Å². The maximum Gasteiger partial charge on any atom is 0.279 e. The zero-order valence-corrected chi connectivity index (χ0v) is 15.8. The van der Waals surface area contributed by atoms with E-state index >= 15 is 0 Å². The Kier molecular flexibility index (Phi) is 4.40. The van der Waals surface area contributed by atoms with Crippen LogP contribution in [0.15, 0.2) is 53.7 Å². The number of benzene rings is 1. The van der Waals surface area contributed by atoms with Crippen molar-refractivity contribution in [1.29, 1.82) is 0 Å². The standard InChI is InChI=1S/C19H15ClN6O2/c1-11-3-8-14(21-9-11)23-18(27)16-15-17(19(28)25(2)10-22-15)26(24-16)13-6-4-12(20)5-7-13/h3-10H,1-2H3,(H,21,23,27). The van der Waals surface area contributed by atoms with Gasteiger partial charge in [-0.3, -0.25) is 9.59 Å². The summed E-state index contributed by atoms with van der Waals surface area (Å²) in [5, 5.41) is 7.60. The van der Waals surface area contributed by atoms with E-state index in [2.05, 4.69) is 20.4 Å². The topological polar surface area (TPSA) is 94.7 Å². The van der Waals surface area contributed by atoms with Gasteiger partial charge in [-0.15, -0.1) is 0 Å². The van der Waals surface area contributed by atoms with Crippen molar-refractivity contribution in [2.45, 2.75) is 6.92 Å². The second kappa shape index (κ2) is 6.90. The number of pyridine rings is 1. The largest absolute Gasteiger partial charge is 0.305 e. The van der Waals surface area contributed by atoms with Crippen LogP contribution in [0.1, 0.15) is 16.1 Å². The zero-order valence-electron chi connectivity index (χ0n) is 15.0. The molecule has 8 nitrogen and oxygen atoms in total. The first kappa shape index (κ1) is 17.9. The number of rotatable bonds is 3. The predicted octanol–water partition coefficient (Wildman–Crippen LogP) is 2.73. The molecule has 1 N–H and O–H groups in total. The van der Waals surface area contributed by atoms with Crippen molar-refractivity contribution in [3.05, 3.63) is 75.6 Å². The number of anilines is 1. The Morgan fingerprint density at radius 2 is 1.86 bits per heavy atom. The lowest BCUT2D eigenvalue weighted by Crippen LogP contribution is -2.19. The van der Waals surface area contributed by atoms with Crippen molar-refractivity contribution >= 4 is 34.4 Å². The van der Waals surface area contributed by atoms with E-state index in [1.165, 1.54) is 15.6 Å². The van der Waals surface area contributed by atoms with Gasteiger partial charge in [0.25, 0.3) is 11.5 Å². The Balaban J connectivity index is 1.86. The number of fused-ring (bicyclic) bond motifs is 1. The van der Waals surface area contributed by atoms with E-state index in [0.717, 1.165) is 5.56 Å². The molecule has 9 heteroatoms. The fraction of sp³-hybridized carbons (Fsp3) is 0.105. The number of nitrogens with one attached hydrogen (secondary N) is 1. The maximum absolute atomic E-state index is 12.8. The van der Waals surface area contributed by atoms with Crippen molar-refractivity contribution in [2.24, 2.45) is 7.05 Å². The van der Waals surface area contributed by atoms with Gasteiger partial charge < -0.3 is 9.88 Å². The van der Waals surface area contributed by atoms with Gasteiger partial charge in [-0.05, 0) is 42.8 Å². The molecule has 140 valence electrons. The third kappa shape index (κ3) is 3.14. The molecule has 0 radical (unpaired) electrons. The average molecular weight is 395 g/mol. The second-order valence-corrected chi connectivity index (χ2v) is 6.71. The number of aryl methyl sites for hydroxylation is 2. The summed E-state index contributed by atoms with van der Waals surface area (Å²) in [4.78, 5) is 33.9. The van der Waals surface area contributed by atoms with E-state index in [0.29, 0.717) is 16.5 Å². The fourth-order valence-electron chi connectivity index (χ4n) is 2.73. The van der Waals surface area contributed by atoms with Gasteiger partial charge in [-0.25, -0.2) is 14.6 Å². The van der Waals surface area contributed by atoms with Crippen LogP contribution in [-0.2, 0) is 7.05 Å². The van der Waals surface area contributed by atoms with Crippen LogP contribution in [-0.4, -0.2) is 30.2 Å². The van der Waals surface area contributed by atoms with Gasteiger partial charge in [0.15, 0.2) is 11.2 Å². The fourth-order valence-corrected chi connectivity index (χ4v) is 2.85. The van der Waals surface area contributed by atoms with Crippen molar-refractivity contribution in [2.75, 3.05) is 5.32 Å². The summed E-state index contributed by atoms with van der Waals surface area (Å²) in [5.74, 6) is -0.122. The summed E-state index contributed by atoms with van der Waals surface area (Å²) < 4.78 is 2.73. The van der Waals surface area contributed by atoms with E-state index in [9.17, 15) is 9.59 Å². The second-order valence-electron chi connectivity index (χ2n) is 6.27. The molecule has 4 aromatic rings. The van der Waals surface area contributed by atoms with Gasteiger partial charge in [0.1, 0.15) is 11.3 Å². The van der Waals surface area contributed by atoms with Gasteiger partial charge in [-0.2, -0.15) is 5.10 Å². The monoisotopic (exact) mass is 394 g/mol. The molecule has 0 fully saturated rings. The molecule has 3 aromatic heterocycles. The number of hydrogen-bond donors (Lipinski definition) is 1. The summed E-state index contributed by atoms with van der Waals surface area (Å²) in [5.41, 5.74) is 1.69. The number of carbonyl (C=O) groups excluding carboxylic acids is 1. The highest BCUT2D eigenvalue weighted by molar-refractivity contribution is 6.30. The predicted molar refractivity (Wildman–Crippen MR) is 106 cm³/mol. The Morgan fingerprint density at radius 1 is 1.11 bits per heavy atom. The quantitative estimate of drug-likeness (QED) is 0.576. The Morgan fingerprint density at radius 3 is 2.54 bits per heavy atom. The Hall–Kier alpha value is -3.52. The van der Waals surface area contributed by atoms with E-state index in [1.54, 1.807) is 43.6 Å². The lowest BCUT2D eigenvalue weighted by Gasteiger charge is -2.03. The molecule has 28 heavy (non-hydrogen) atoms. The zero-order chi connectivity index (χ0) is 19.8. The van der Waals surface area contributed by atoms with Gasteiger partial charge in [-0.1, -0.05) is 17.7 Å². The smallest absolute Gasteiger partial charge is 0.279 e. The molecular formula is C19H15ClN6O2. The third-order valence-electron chi connectivity index (χ3n) is 4.18. The molecule has 4 rings (SSSR count). The van der Waals surface area contributed by atoms with Crippen LogP contribution >= 0.6 is 11.6 Å². The van der Waals surface area contributed by atoms with Crippen LogP contribution in [0.25, 0.3) is 16.7 Å². The highest BCUT2D eigenvalue weighted by Crippen LogP contribution is 2.20. The van der Waals surface area contributed by atoms with E-state index in [1.807, 2.05) is 13.0 Å². The third-order valence-corrected chi connectivity index (χ3v) is 4.43. The number of halogens is 1. The first-order valence-electron chi connectivity index (χ1n) is 8.38. The molecule has 1 aromatic carbocycles. The Labute approximate surface area is 164 Å². The molecule has 0 aliphatic heterocycles. The van der Waals surface area contributed by atoms with Gasteiger partial charge in [0, 0.05) is 18.3 Å². The van der Waals surface area contributed by atoms with Crippen LogP contribution in [0.3, 0.4) is 0 Å². The molecule has 0 aliphatic rings. The van der Waals surface area contributed by atoms with E-state index in [4.69, 9.17) is 11.6 Å². The summed E-state index contributed by atoms with van der Waals surface area (Å²) >= 11 is 5.95. The van der Waals surface area contributed by atoms with Crippen LogP contribution in [0.5, 0.6) is 0 Å². The normalized spacial score (nSPS) is 11.0. The minimum absolute atomic E-state index is 0.0324. The van der Waals surface area contributed by atoms with E-state index < -0.39 is 5.91 Å². The van der Waals surface area contributed by atoms with Gasteiger partial charge >= 0.3 is 0 Å².